The summed E-state index contributed by atoms with van der Waals surface area (Å²) >= 11 is 6.52. The first kappa shape index (κ1) is 9.41. The van der Waals surface area contributed by atoms with Crippen LogP contribution in [0.5, 0.6) is 0 Å². The van der Waals surface area contributed by atoms with E-state index in [1.54, 1.807) is 0 Å². The number of aromatic nitrogens is 2. The van der Waals surface area contributed by atoms with E-state index in [2.05, 4.69) is 14.9 Å². The standard InChI is InChI=1S/C6H8ClN3OS/c7-2-1-3-8-6(11)5-4-9-10-12-5/h4H,1-3H2,(H,8,11). The van der Waals surface area contributed by atoms with Crippen molar-refractivity contribution in [3.05, 3.63) is 11.1 Å². The number of carbonyl (C=O) groups excluding carboxylic acids is 1. The SMILES string of the molecule is O=C(NCCCCl)c1cnns1. The third kappa shape index (κ3) is 2.75. The minimum atomic E-state index is -0.130. The van der Waals surface area contributed by atoms with Crippen LogP contribution in [0.2, 0.25) is 0 Å². The molecule has 66 valence electrons. The fraction of sp³-hybridized carbons (Fsp3) is 0.500. The summed E-state index contributed by atoms with van der Waals surface area (Å²) in [6.07, 6.45) is 2.22. The maximum atomic E-state index is 11.2. The molecule has 0 aliphatic carbocycles. The lowest BCUT2D eigenvalue weighted by atomic mass is 10.4. The highest BCUT2D eigenvalue weighted by molar-refractivity contribution is 7.07. The molecule has 1 rings (SSSR count). The van der Waals surface area contributed by atoms with E-state index in [1.165, 1.54) is 6.20 Å². The number of rotatable bonds is 4. The summed E-state index contributed by atoms with van der Waals surface area (Å²) in [5.74, 6) is 0.427. The first-order valence-corrected chi connectivity index (χ1v) is 4.77. The second kappa shape index (κ2) is 5.05. The molecule has 0 saturated heterocycles. The molecule has 0 bridgehead atoms. The fourth-order valence-electron chi connectivity index (χ4n) is 0.623. The van der Waals surface area contributed by atoms with Gasteiger partial charge in [0.15, 0.2) is 0 Å². The summed E-state index contributed by atoms with van der Waals surface area (Å²) in [5, 5.41) is 6.25. The molecule has 0 fully saturated rings. The predicted molar refractivity (Wildman–Crippen MR) is 47.6 cm³/mol. The van der Waals surface area contributed by atoms with Crippen LogP contribution in [0.1, 0.15) is 16.1 Å². The van der Waals surface area contributed by atoms with Crippen molar-refractivity contribution in [3.63, 3.8) is 0 Å². The van der Waals surface area contributed by atoms with Crippen molar-refractivity contribution >= 4 is 29.0 Å². The molecule has 0 spiro atoms. The van der Waals surface area contributed by atoms with E-state index < -0.39 is 0 Å². The Kier molecular flexibility index (Phi) is 3.96. The lowest BCUT2D eigenvalue weighted by Gasteiger charge is -1.98. The molecular formula is C6H8ClN3OS. The van der Waals surface area contributed by atoms with Gasteiger partial charge >= 0.3 is 0 Å². The van der Waals surface area contributed by atoms with Crippen LogP contribution in [-0.4, -0.2) is 27.9 Å². The largest absolute Gasteiger partial charge is 0.351 e. The van der Waals surface area contributed by atoms with Crippen molar-refractivity contribution in [3.8, 4) is 0 Å². The van der Waals surface area contributed by atoms with Crippen LogP contribution in [0.3, 0.4) is 0 Å². The number of nitrogens with one attached hydrogen (secondary N) is 1. The van der Waals surface area contributed by atoms with Crippen LogP contribution in [-0.2, 0) is 0 Å². The van der Waals surface area contributed by atoms with Gasteiger partial charge in [0.2, 0.25) is 0 Å². The van der Waals surface area contributed by atoms with Gasteiger partial charge in [-0.15, -0.1) is 16.7 Å². The van der Waals surface area contributed by atoms with Gasteiger partial charge in [-0.05, 0) is 18.0 Å². The van der Waals surface area contributed by atoms with Crippen molar-refractivity contribution in [1.29, 1.82) is 0 Å². The van der Waals surface area contributed by atoms with E-state index in [9.17, 15) is 4.79 Å². The Morgan fingerprint density at radius 2 is 2.58 bits per heavy atom. The summed E-state index contributed by atoms with van der Waals surface area (Å²) in [5.41, 5.74) is 0. The summed E-state index contributed by atoms with van der Waals surface area (Å²) in [6.45, 7) is 0.597. The molecule has 0 aromatic carbocycles. The highest BCUT2D eigenvalue weighted by Crippen LogP contribution is 2.00. The Hall–Kier alpha value is -0.680. The van der Waals surface area contributed by atoms with Gasteiger partial charge in [-0.3, -0.25) is 4.79 Å². The second-order valence-electron chi connectivity index (χ2n) is 2.08. The first-order chi connectivity index (χ1) is 5.84. The van der Waals surface area contributed by atoms with Gasteiger partial charge in [0.05, 0.1) is 6.20 Å². The Morgan fingerprint density at radius 1 is 1.75 bits per heavy atom. The lowest BCUT2D eigenvalue weighted by molar-refractivity contribution is 0.0957. The zero-order valence-electron chi connectivity index (χ0n) is 6.29. The monoisotopic (exact) mass is 205 g/mol. The fourth-order valence-corrected chi connectivity index (χ4v) is 1.19. The van der Waals surface area contributed by atoms with Gasteiger partial charge in [-0.25, -0.2) is 0 Å². The molecule has 0 aliphatic heterocycles. The van der Waals surface area contributed by atoms with Crippen LogP contribution >= 0.6 is 23.1 Å². The average Bonchev–Trinajstić information content (AvgIpc) is 2.56. The third-order valence-corrected chi connectivity index (χ3v) is 2.11. The van der Waals surface area contributed by atoms with Crippen LogP contribution in [0.4, 0.5) is 0 Å². The van der Waals surface area contributed by atoms with Crippen LogP contribution in [0.15, 0.2) is 6.20 Å². The Balaban J connectivity index is 2.30. The van der Waals surface area contributed by atoms with Gasteiger partial charge in [0.25, 0.3) is 5.91 Å². The number of halogens is 1. The van der Waals surface area contributed by atoms with Gasteiger partial charge in [-0.1, -0.05) is 4.49 Å². The molecule has 1 aromatic rings. The summed E-state index contributed by atoms with van der Waals surface area (Å²) in [4.78, 5) is 11.7. The molecular weight excluding hydrogens is 198 g/mol. The van der Waals surface area contributed by atoms with E-state index in [0.29, 0.717) is 17.3 Å². The molecule has 1 aromatic heterocycles. The quantitative estimate of drug-likeness (QED) is 0.587. The average molecular weight is 206 g/mol. The molecule has 6 heteroatoms. The minimum absolute atomic E-state index is 0.130. The molecule has 12 heavy (non-hydrogen) atoms. The molecule has 1 amide bonds. The molecule has 4 nitrogen and oxygen atoms in total. The van der Waals surface area contributed by atoms with Crippen molar-refractivity contribution in [2.75, 3.05) is 12.4 Å². The highest BCUT2D eigenvalue weighted by atomic mass is 35.5. The van der Waals surface area contributed by atoms with E-state index >= 15 is 0 Å². The maximum absolute atomic E-state index is 11.2. The van der Waals surface area contributed by atoms with Crippen molar-refractivity contribution in [2.45, 2.75) is 6.42 Å². The Morgan fingerprint density at radius 3 is 3.17 bits per heavy atom. The lowest BCUT2D eigenvalue weighted by Crippen LogP contribution is -2.23. The van der Waals surface area contributed by atoms with Crippen LogP contribution in [0, 0.1) is 0 Å². The normalized spacial score (nSPS) is 9.75. The number of amides is 1. The highest BCUT2D eigenvalue weighted by Gasteiger charge is 2.05. The summed E-state index contributed by atoms with van der Waals surface area (Å²) < 4.78 is 3.58. The Labute approximate surface area is 79.1 Å². The molecule has 1 heterocycles. The van der Waals surface area contributed by atoms with Crippen LogP contribution in [0.25, 0.3) is 0 Å². The second-order valence-corrected chi connectivity index (χ2v) is 3.24. The molecule has 0 unspecified atom stereocenters. The smallest absolute Gasteiger partial charge is 0.264 e. The molecule has 0 aliphatic rings. The van der Waals surface area contributed by atoms with Gasteiger partial charge < -0.3 is 5.32 Å². The molecule has 0 atom stereocenters. The number of alkyl halides is 1. The predicted octanol–water partition coefficient (Wildman–Crippen LogP) is 0.897. The number of hydrogen-bond acceptors (Lipinski definition) is 4. The van der Waals surface area contributed by atoms with Crippen molar-refractivity contribution in [2.24, 2.45) is 0 Å². The van der Waals surface area contributed by atoms with E-state index in [1.807, 2.05) is 0 Å². The first-order valence-electron chi connectivity index (χ1n) is 3.46. The summed E-state index contributed by atoms with van der Waals surface area (Å²) in [6, 6.07) is 0. The third-order valence-electron chi connectivity index (χ3n) is 1.18. The van der Waals surface area contributed by atoms with Gasteiger partial charge in [0.1, 0.15) is 4.88 Å². The Bertz CT molecular complexity index is 239. The number of carbonyl (C=O) groups is 1. The molecule has 1 N–H and O–H groups in total. The van der Waals surface area contributed by atoms with Gasteiger partial charge in [0, 0.05) is 12.4 Å². The van der Waals surface area contributed by atoms with Crippen molar-refractivity contribution < 1.29 is 4.79 Å². The summed E-state index contributed by atoms with van der Waals surface area (Å²) in [7, 11) is 0. The zero-order valence-corrected chi connectivity index (χ0v) is 7.86. The topological polar surface area (TPSA) is 54.9 Å². The van der Waals surface area contributed by atoms with Crippen molar-refractivity contribution in [1.82, 2.24) is 14.9 Å². The maximum Gasteiger partial charge on any atom is 0.264 e. The van der Waals surface area contributed by atoms with Crippen LogP contribution < -0.4 is 5.32 Å². The van der Waals surface area contributed by atoms with E-state index in [4.69, 9.17) is 11.6 Å². The molecule has 0 saturated carbocycles. The van der Waals surface area contributed by atoms with E-state index in [-0.39, 0.29) is 5.91 Å². The number of nitrogens with zero attached hydrogens (tertiary/aromatic N) is 2. The van der Waals surface area contributed by atoms with E-state index in [0.717, 1.165) is 18.0 Å². The number of hydrogen-bond donors (Lipinski definition) is 1. The molecule has 0 radical (unpaired) electrons. The minimum Gasteiger partial charge on any atom is -0.351 e. The van der Waals surface area contributed by atoms with Gasteiger partial charge in [-0.2, -0.15) is 0 Å². The zero-order chi connectivity index (χ0) is 8.81.